The number of anilines is 1. The summed E-state index contributed by atoms with van der Waals surface area (Å²) in [7, 11) is 1.85. The molecular formula is C20H22N4O. The molecule has 1 N–H and O–H groups in total. The molecule has 0 spiro atoms. The molecule has 3 aromatic rings. The molecule has 0 saturated heterocycles. The van der Waals surface area contributed by atoms with E-state index in [1.54, 1.807) is 11.2 Å². The second-order valence-corrected chi connectivity index (χ2v) is 6.01. The van der Waals surface area contributed by atoms with Gasteiger partial charge in [-0.1, -0.05) is 42.5 Å². The number of carbonyl (C=O) groups is 1. The van der Waals surface area contributed by atoms with Crippen LogP contribution in [0.1, 0.15) is 18.4 Å². The molecule has 0 atom stereocenters. The Kier molecular flexibility index (Phi) is 5.57. The zero-order valence-corrected chi connectivity index (χ0v) is 14.4. The van der Waals surface area contributed by atoms with Gasteiger partial charge in [0.05, 0.1) is 5.52 Å². The molecule has 0 fully saturated rings. The molecule has 0 aliphatic heterocycles. The van der Waals surface area contributed by atoms with E-state index in [0.29, 0.717) is 19.5 Å². The number of amides is 1. The highest BCUT2D eigenvalue weighted by Gasteiger charge is 2.09. The maximum atomic E-state index is 12.2. The third-order valence-corrected chi connectivity index (χ3v) is 4.09. The average Bonchev–Trinajstić information content (AvgIpc) is 2.66. The molecule has 5 heteroatoms. The molecule has 128 valence electrons. The van der Waals surface area contributed by atoms with E-state index in [9.17, 15) is 4.79 Å². The summed E-state index contributed by atoms with van der Waals surface area (Å²) in [6.45, 7) is 1.34. The fraction of sp³-hybridized carbons (Fsp3) is 0.250. The Morgan fingerprint density at radius 1 is 1.04 bits per heavy atom. The van der Waals surface area contributed by atoms with Gasteiger partial charge < -0.3 is 10.2 Å². The molecule has 1 heterocycles. The summed E-state index contributed by atoms with van der Waals surface area (Å²) in [5.74, 6) is 0.967. The molecule has 0 aliphatic carbocycles. The van der Waals surface area contributed by atoms with Crippen LogP contribution in [0.15, 0.2) is 60.9 Å². The molecule has 0 unspecified atom stereocenters. The van der Waals surface area contributed by atoms with Gasteiger partial charge >= 0.3 is 0 Å². The van der Waals surface area contributed by atoms with Crippen molar-refractivity contribution in [2.45, 2.75) is 19.4 Å². The van der Waals surface area contributed by atoms with Gasteiger partial charge in [-0.2, -0.15) is 0 Å². The van der Waals surface area contributed by atoms with Crippen LogP contribution in [-0.2, 0) is 11.3 Å². The normalized spacial score (nSPS) is 10.6. The predicted octanol–water partition coefficient (Wildman–Crippen LogP) is 3.48. The molecule has 0 bridgehead atoms. The number of aromatic nitrogens is 2. The van der Waals surface area contributed by atoms with E-state index in [-0.39, 0.29) is 5.91 Å². The molecule has 0 saturated carbocycles. The van der Waals surface area contributed by atoms with Crippen molar-refractivity contribution in [1.29, 1.82) is 0 Å². The highest BCUT2D eigenvalue weighted by Crippen LogP contribution is 2.18. The van der Waals surface area contributed by atoms with Crippen molar-refractivity contribution in [3.63, 3.8) is 0 Å². The lowest BCUT2D eigenvalue weighted by Crippen LogP contribution is -2.26. The molecule has 3 rings (SSSR count). The Bertz CT molecular complexity index is 830. The van der Waals surface area contributed by atoms with E-state index in [0.717, 1.165) is 28.7 Å². The van der Waals surface area contributed by atoms with Crippen molar-refractivity contribution in [3.05, 3.63) is 66.5 Å². The fourth-order valence-electron chi connectivity index (χ4n) is 2.73. The summed E-state index contributed by atoms with van der Waals surface area (Å²) in [5.41, 5.74) is 2.06. The van der Waals surface area contributed by atoms with Crippen molar-refractivity contribution in [2.75, 3.05) is 18.9 Å². The summed E-state index contributed by atoms with van der Waals surface area (Å²) < 4.78 is 0. The third-order valence-electron chi connectivity index (χ3n) is 4.09. The average molecular weight is 334 g/mol. The summed E-state index contributed by atoms with van der Waals surface area (Å²) in [4.78, 5) is 22.6. The molecule has 0 radical (unpaired) electrons. The standard InChI is InChI=1S/C20H22N4O/c1-24(14-16-8-3-2-4-9-16)19(25)12-7-13-21-20-17-10-5-6-11-18(17)22-15-23-20/h2-6,8-11,15H,7,12-14H2,1H3,(H,21,22,23). The number of hydrogen-bond acceptors (Lipinski definition) is 4. The van der Waals surface area contributed by atoms with E-state index >= 15 is 0 Å². The van der Waals surface area contributed by atoms with Crippen molar-refractivity contribution < 1.29 is 4.79 Å². The first kappa shape index (κ1) is 16.9. The highest BCUT2D eigenvalue weighted by molar-refractivity contribution is 5.88. The van der Waals surface area contributed by atoms with E-state index in [1.807, 2.05) is 61.6 Å². The number of nitrogens with one attached hydrogen (secondary N) is 1. The van der Waals surface area contributed by atoms with Crippen LogP contribution in [-0.4, -0.2) is 34.4 Å². The summed E-state index contributed by atoms with van der Waals surface area (Å²) in [6.07, 6.45) is 2.83. The van der Waals surface area contributed by atoms with Crippen molar-refractivity contribution in [1.82, 2.24) is 14.9 Å². The number of benzene rings is 2. The molecule has 1 aromatic heterocycles. The van der Waals surface area contributed by atoms with Gasteiger partial charge in [-0.25, -0.2) is 9.97 Å². The Labute approximate surface area is 147 Å². The Morgan fingerprint density at radius 3 is 2.64 bits per heavy atom. The minimum Gasteiger partial charge on any atom is -0.369 e. The molecule has 2 aromatic carbocycles. The lowest BCUT2D eigenvalue weighted by Gasteiger charge is -2.17. The van der Waals surface area contributed by atoms with Gasteiger partial charge in [0.2, 0.25) is 5.91 Å². The summed E-state index contributed by atoms with van der Waals surface area (Å²) in [5, 5.41) is 4.31. The van der Waals surface area contributed by atoms with Crippen LogP contribution in [0.3, 0.4) is 0 Å². The number of fused-ring (bicyclic) bond motifs is 1. The SMILES string of the molecule is CN(Cc1ccccc1)C(=O)CCCNc1ncnc2ccccc12. The molecule has 1 amide bonds. The van der Waals surface area contributed by atoms with Crippen molar-refractivity contribution in [2.24, 2.45) is 0 Å². The van der Waals surface area contributed by atoms with Gasteiger partial charge in [0, 0.05) is 31.9 Å². The highest BCUT2D eigenvalue weighted by atomic mass is 16.2. The van der Waals surface area contributed by atoms with Crippen molar-refractivity contribution >= 4 is 22.6 Å². The predicted molar refractivity (Wildman–Crippen MR) is 100 cm³/mol. The smallest absolute Gasteiger partial charge is 0.222 e. The lowest BCUT2D eigenvalue weighted by molar-refractivity contribution is -0.130. The monoisotopic (exact) mass is 334 g/mol. The van der Waals surface area contributed by atoms with Crippen LogP contribution < -0.4 is 5.32 Å². The van der Waals surface area contributed by atoms with Crippen LogP contribution in [0.2, 0.25) is 0 Å². The number of hydrogen-bond donors (Lipinski definition) is 1. The third kappa shape index (κ3) is 4.53. The van der Waals surface area contributed by atoms with Crippen LogP contribution in [0.25, 0.3) is 10.9 Å². The Morgan fingerprint density at radius 2 is 1.80 bits per heavy atom. The van der Waals surface area contributed by atoms with Gasteiger partial charge in [0.25, 0.3) is 0 Å². The number of nitrogens with zero attached hydrogens (tertiary/aromatic N) is 3. The zero-order chi connectivity index (χ0) is 17.5. The summed E-state index contributed by atoms with van der Waals surface area (Å²) in [6, 6.07) is 17.9. The van der Waals surface area contributed by atoms with E-state index < -0.39 is 0 Å². The molecule has 25 heavy (non-hydrogen) atoms. The molecule has 0 aliphatic rings. The fourth-order valence-corrected chi connectivity index (χ4v) is 2.73. The number of para-hydroxylation sites is 1. The Balaban J connectivity index is 1.47. The van der Waals surface area contributed by atoms with Crippen LogP contribution in [0, 0.1) is 0 Å². The molecule has 5 nitrogen and oxygen atoms in total. The van der Waals surface area contributed by atoms with Gasteiger partial charge in [0.15, 0.2) is 0 Å². The first-order valence-electron chi connectivity index (χ1n) is 8.45. The first-order valence-corrected chi connectivity index (χ1v) is 8.45. The van der Waals surface area contributed by atoms with E-state index in [1.165, 1.54) is 0 Å². The van der Waals surface area contributed by atoms with Gasteiger partial charge in [-0.3, -0.25) is 4.79 Å². The Hall–Kier alpha value is -2.95. The van der Waals surface area contributed by atoms with Crippen LogP contribution in [0.4, 0.5) is 5.82 Å². The van der Waals surface area contributed by atoms with E-state index in [4.69, 9.17) is 0 Å². The van der Waals surface area contributed by atoms with Crippen LogP contribution in [0.5, 0.6) is 0 Å². The van der Waals surface area contributed by atoms with Gasteiger partial charge in [-0.05, 0) is 24.1 Å². The lowest BCUT2D eigenvalue weighted by atomic mass is 10.2. The molecular weight excluding hydrogens is 312 g/mol. The zero-order valence-electron chi connectivity index (χ0n) is 14.4. The minimum absolute atomic E-state index is 0.151. The van der Waals surface area contributed by atoms with E-state index in [2.05, 4.69) is 15.3 Å². The van der Waals surface area contributed by atoms with Crippen molar-refractivity contribution in [3.8, 4) is 0 Å². The first-order chi connectivity index (χ1) is 12.2. The quantitative estimate of drug-likeness (QED) is 0.672. The maximum absolute atomic E-state index is 12.2. The topological polar surface area (TPSA) is 58.1 Å². The second-order valence-electron chi connectivity index (χ2n) is 6.01. The second kappa shape index (κ2) is 8.24. The number of carbonyl (C=O) groups excluding carboxylic acids is 1. The van der Waals surface area contributed by atoms with Gasteiger partial charge in [0.1, 0.15) is 12.1 Å². The minimum atomic E-state index is 0.151. The van der Waals surface area contributed by atoms with Gasteiger partial charge in [-0.15, -0.1) is 0 Å². The largest absolute Gasteiger partial charge is 0.369 e. The maximum Gasteiger partial charge on any atom is 0.222 e. The number of rotatable bonds is 7. The summed E-state index contributed by atoms with van der Waals surface area (Å²) >= 11 is 0. The van der Waals surface area contributed by atoms with Crippen LogP contribution >= 0.6 is 0 Å².